The summed E-state index contributed by atoms with van der Waals surface area (Å²) in [7, 11) is 0. The summed E-state index contributed by atoms with van der Waals surface area (Å²) in [5.41, 5.74) is 3.40. The first-order valence-electron chi connectivity index (χ1n) is 6.76. The molecule has 2 aromatic rings. The lowest BCUT2D eigenvalue weighted by Crippen LogP contribution is -2.24. The van der Waals surface area contributed by atoms with Crippen LogP contribution in [0.2, 0.25) is 5.02 Å². The second-order valence-electron chi connectivity index (χ2n) is 6.10. The first-order valence-corrected chi connectivity index (χ1v) is 7.14. The molecule has 3 rings (SSSR count). The van der Waals surface area contributed by atoms with Gasteiger partial charge in [0, 0.05) is 10.7 Å². The van der Waals surface area contributed by atoms with Gasteiger partial charge in [-0.1, -0.05) is 37.6 Å². The molecule has 1 aliphatic rings. The Morgan fingerprint density at radius 2 is 2.00 bits per heavy atom. The van der Waals surface area contributed by atoms with Crippen molar-refractivity contribution in [2.24, 2.45) is 5.41 Å². The molecular weight excluding hydrogens is 273 g/mol. The van der Waals surface area contributed by atoms with Gasteiger partial charge in [-0.05, 0) is 53.3 Å². The van der Waals surface area contributed by atoms with Crippen molar-refractivity contribution < 1.29 is 4.39 Å². The zero-order valence-corrected chi connectivity index (χ0v) is 12.3. The summed E-state index contributed by atoms with van der Waals surface area (Å²) < 4.78 is 13.3. The van der Waals surface area contributed by atoms with Crippen LogP contribution in [0.5, 0.6) is 0 Å². The van der Waals surface area contributed by atoms with Gasteiger partial charge in [-0.15, -0.1) is 0 Å². The first-order chi connectivity index (χ1) is 9.45. The number of fused-ring (bicyclic) bond motifs is 1. The standard InChI is InChI=1S/C17H17ClFN/c1-17(2)10-11-6-7-12(18)8-15(11)16(17)20-14-5-3-4-13(19)9-14/h3-9,16,20H,10H2,1-2H3. The number of anilines is 1. The predicted molar refractivity (Wildman–Crippen MR) is 81.7 cm³/mol. The molecule has 0 amide bonds. The normalized spacial score (nSPS) is 19.7. The van der Waals surface area contributed by atoms with Gasteiger partial charge in [-0.25, -0.2) is 4.39 Å². The summed E-state index contributed by atoms with van der Waals surface area (Å²) in [6.07, 6.45) is 0.993. The third kappa shape index (κ3) is 2.40. The highest BCUT2D eigenvalue weighted by Crippen LogP contribution is 2.47. The van der Waals surface area contributed by atoms with Gasteiger partial charge in [0.2, 0.25) is 0 Å². The largest absolute Gasteiger partial charge is 0.378 e. The van der Waals surface area contributed by atoms with Crippen LogP contribution < -0.4 is 5.32 Å². The number of nitrogens with one attached hydrogen (secondary N) is 1. The fraction of sp³-hybridized carbons (Fsp3) is 0.294. The highest BCUT2D eigenvalue weighted by Gasteiger charge is 2.38. The molecule has 3 heteroatoms. The van der Waals surface area contributed by atoms with E-state index in [1.165, 1.54) is 23.3 Å². The molecule has 1 aliphatic carbocycles. The molecule has 0 aromatic heterocycles. The molecule has 0 heterocycles. The molecule has 0 radical (unpaired) electrons. The van der Waals surface area contributed by atoms with E-state index in [-0.39, 0.29) is 17.3 Å². The molecule has 1 nitrogen and oxygen atoms in total. The van der Waals surface area contributed by atoms with Crippen molar-refractivity contribution in [3.63, 3.8) is 0 Å². The minimum absolute atomic E-state index is 0.0688. The van der Waals surface area contributed by atoms with Gasteiger partial charge in [0.05, 0.1) is 6.04 Å². The van der Waals surface area contributed by atoms with E-state index in [1.807, 2.05) is 18.2 Å². The first kappa shape index (κ1) is 13.4. The summed E-state index contributed by atoms with van der Waals surface area (Å²) >= 11 is 6.12. The third-order valence-corrected chi connectivity index (χ3v) is 4.22. The second-order valence-corrected chi connectivity index (χ2v) is 6.53. The number of halogens is 2. The van der Waals surface area contributed by atoms with Crippen molar-refractivity contribution >= 4 is 17.3 Å². The highest BCUT2D eigenvalue weighted by molar-refractivity contribution is 6.30. The molecule has 0 saturated carbocycles. The Morgan fingerprint density at radius 1 is 1.20 bits per heavy atom. The maximum absolute atomic E-state index is 13.3. The van der Waals surface area contributed by atoms with Crippen LogP contribution in [0.25, 0.3) is 0 Å². The fourth-order valence-electron chi connectivity index (χ4n) is 3.03. The lowest BCUT2D eigenvalue weighted by atomic mass is 9.85. The molecule has 0 fully saturated rings. The van der Waals surface area contributed by atoms with Crippen LogP contribution in [0.3, 0.4) is 0 Å². The molecule has 0 spiro atoms. The van der Waals surface area contributed by atoms with Gasteiger partial charge >= 0.3 is 0 Å². The van der Waals surface area contributed by atoms with Crippen LogP contribution in [-0.4, -0.2) is 0 Å². The van der Waals surface area contributed by atoms with Crippen molar-refractivity contribution in [3.8, 4) is 0 Å². The maximum Gasteiger partial charge on any atom is 0.125 e. The van der Waals surface area contributed by atoms with E-state index in [0.29, 0.717) is 0 Å². The summed E-state index contributed by atoms with van der Waals surface area (Å²) in [5, 5.41) is 4.20. The molecule has 0 aliphatic heterocycles. The van der Waals surface area contributed by atoms with E-state index in [0.717, 1.165) is 17.1 Å². The van der Waals surface area contributed by atoms with Crippen LogP contribution in [0.15, 0.2) is 42.5 Å². The number of benzene rings is 2. The molecule has 0 saturated heterocycles. The Hall–Kier alpha value is -1.54. The van der Waals surface area contributed by atoms with Crippen molar-refractivity contribution in [1.29, 1.82) is 0 Å². The second kappa shape index (κ2) is 4.78. The number of hydrogen-bond acceptors (Lipinski definition) is 1. The molecule has 1 atom stereocenters. The Labute approximate surface area is 123 Å². The molecule has 1 N–H and O–H groups in total. The predicted octanol–water partition coefficient (Wildman–Crippen LogP) is 5.21. The molecule has 1 unspecified atom stereocenters. The monoisotopic (exact) mass is 289 g/mol. The van der Waals surface area contributed by atoms with E-state index in [9.17, 15) is 4.39 Å². The molecular formula is C17H17ClFN. The zero-order valence-electron chi connectivity index (χ0n) is 11.6. The lowest BCUT2D eigenvalue weighted by molar-refractivity contribution is 0.337. The SMILES string of the molecule is CC1(C)Cc2ccc(Cl)cc2C1Nc1cccc(F)c1. The van der Waals surface area contributed by atoms with E-state index >= 15 is 0 Å². The zero-order chi connectivity index (χ0) is 14.3. The van der Waals surface area contributed by atoms with E-state index < -0.39 is 0 Å². The van der Waals surface area contributed by atoms with Crippen LogP contribution in [-0.2, 0) is 6.42 Å². The Balaban J connectivity index is 1.98. The molecule has 2 aromatic carbocycles. The minimum atomic E-state index is -0.225. The van der Waals surface area contributed by atoms with Crippen molar-refractivity contribution in [1.82, 2.24) is 0 Å². The molecule has 20 heavy (non-hydrogen) atoms. The lowest BCUT2D eigenvalue weighted by Gasteiger charge is -2.29. The highest BCUT2D eigenvalue weighted by atomic mass is 35.5. The van der Waals surface area contributed by atoms with Gasteiger partial charge in [0.25, 0.3) is 0 Å². The third-order valence-electron chi connectivity index (χ3n) is 3.98. The van der Waals surface area contributed by atoms with Gasteiger partial charge < -0.3 is 5.32 Å². The van der Waals surface area contributed by atoms with Crippen LogP contribution >= 0.6 is 11.6 Å². The average Bonchev–Trinajstić information content (AvgIpc) is 2.61. The van der Waals surface area contributed by atoms with E-state index in [4.69, 9.17) is 11.6 Å². The van der Waals surface area contributed by atoms with Gasteiger partial charge in [-0.2, -0.15) is 0 Å². The number of hydrogen-bond donors (Lipinski definition) is 1. The average molecular weight is 290 g/mol. The van der Waals surface area contributed by atoms with Crippen LogP contribution in [0, 0.1) is 11.2 Å². The number of rotatable bonds is 2. The summed E-state index contributed by atoms with van der Waals surface area (Å²) in [4.78, 5) is 0. The van der Waals surface area contributed by atoms with Crippen molar-refractivity contribution in [2.75, 3.05) is 5.32 Å². The van der Waals surface area contributed by atoms with E-state index in [1.54, 1.807) is 6.07 Å². The maximum atomic E-state index is 13.3. The smallest absolute Gasteiger partial charge is 0.125 e. The van der Waals surface area contributed by atoms with Crippen molar-refractivity contribution in [3.05, 3.63) is 64.4 Å². The van der Waals surface area contributed by atoms with E-state index in [2.05, 4.69) is 25.2 Å². The quantitative estimate of drug-likeness (QED) is 0.800. The van der Waals surface area contributed by atoms with Crippen molar-refractivity contribution in [2.45, 2.75) is 26.3 Å². The summed E-state index contributed by atoms with van der Waals surface area (Å²) in [5.74, 6) is -0.225. The minimum Gasteiger partial charge on any atom is -0.378 e. The Morgan fingerprint density at radius 3 is 2.75 bits per heavy atom. The summed E-state index contributed by atoms with van der Waals surface area (Å²) in [6.45, 7) is 4.44. The fourth-order valence-corrected chi connectivity index (χ4v) is 3.21. The van der Waals surface area contributed by atoms with Gasteiger partial charge in [0.1, 0.15) is 5.82 Å². The molecule has 104 valence electrons. The topological polar surface area (TPSA) is 12.0 Å². The van der Waals surface area contributed by atoms with Crippen LogP contribution in [0.4, 0.5) is 10.1 Å². The Kier molecular flexibility index (Phi) is 3.21. The van der Waals surface area contributed by atoms with Gasteiger partial charge in [0.15, 0.2) is 0 Å². The molecule has 0 bridgehead atoms. The van der Waals surface area contributed by atoms with Gasteiger partial charge in [-0.3, -0.25) is 0 Å². The Bertz CT molecular complexity index is 651. The van der Waals surface area contributed by atoms with Crippen LogP contribution in [0.1, 0.15) is 31.0 Å². The summed E-state index contributed by atoms with van der Waals surface area (Å²) in [6, 6.07) is 12.8.